The molecule has 0 aromatic carbocycles. The lowest BCUT2D eigenvalue weighted by atomic mass is 9.35. The third kappa shape index (κ3) is 6.07. The van der Waals surface area contributed by atoms with Gasteiger partial charge in [-0.3, -0.25) is 0 Å². The average Bonchev–Trinajstić information content (AvgIpc) is 3.11. The largest absolute Gasteiger partial charge is 0.467 e. The Morgan fingerprint density at radius 3 is 2.18 bits per heavy atom. The topological polar surface area (TPSA) is 205 Å². The van der Waals surface area contributed by atoms with Gasteiger partial charge in [-0.05, 0) is 77.6 Å². The highest BCUT2D eigenvalue weighted by atomic mass is 16.8. The van der Waals surface area contributed by atoms with E-state index in [4.69, 9.17) is 23.7 Å². The number of aliphatic hydroxyl groups is 7. The van der Waals surface area contributed by atoms with E-state index in [1.54, 1.807) is 0 Å². The molecular formula is C42H66O13. The minimum atomic E-state index is -1.79. The summed E-state index contributed by atoms with van der Waals surface area (Å²) < 4.78 is 28.9. The molecule has 7 aliphatic rings. The van der Waals surface area contributed by atoms with Gasteiger partial charge in [0.05, 0.1) is 32.0 Å². The number of hydrogen-bond acceptors (Lipinski definition) is 13. The van der Waals surface area contributed by atoms with Crippen LogP contribution >= 0.6 is 0 Å². The highest BCUT2D eigenvalue weighted by Gasteiger charge is 2.69. The average molecular weight is 779 g/mol. The van der Waals surface area contributed by atoms with Crippen molar-refractivity contribution in [2.24, 2.45) is 44.3 Å². The molecule has 18 atom stereocenters. The Labute approximate surface area is 325 Å². The van der Waals surface area contributed by atoms with Crippen LogP contribution < -0.4 is 0 Å². The van der Waals surface area contributed by atoms with E-state index in [1.165, 1.54) is 11.1 Å². The maximum Gasteiger partial charge on any atom is 0.337 e. The minimum Gasteiger partial charge on any atom is -0.467 e. The second kappa shape index (κ2) is 13.8. The van der Waals surface area contributed by atoms with Crippen LogP contribution in [0.3, 0.4) is 0 Å². The molecule has 0 bridgehead atoms. The molecule has 13 nitrogen and oxygen atoms in total. The first kappa shape index (κ1) is 41.7. The van der Waals surface area contributed by atoms with Gasteiger partial charge in [-0.2, -0.15) is 0 Å². The summed E-state index contributed by atoms with van der Waals surface area (Å²) in [5, 5.41) is 77.2. The molecule has 2 aliphatic heterocycles. The van der Waals surface area contributed by atoms with Gasteiger partial charge in [0.25, 0.3) is 0 Å². The summed E-state index contributed by atoms with van der Waals surface area (Å²) in [6, 6.07) is 0. The van der Waals surface area contributed by atoms with Crippen molar-refractivity contribution in [3.8, 4) is 0 Å². The van der Waals surface area contributed by atoms with Crippen molar-refractivity contribution in [2.75, 3.05) is 13.7 Å². The third-order valence-electron chi connectivity index (χ3n) is 16.6. The number of fused-ring (bicyclic) bond motifs is 6. The first-order valence-corrected chi connectivity index (χ1v) is 20.3. The first-order valence-electron chi connectivity index (χ1n) is 20.3. The van der Waals surface area contributed by atoms with Gasteiger partial charge >= 0.3 is 5.97 Å². The number of ether oxygens (including phenoxy) is 5. The lowest BCUT2D eigenvalue weighted by Crippen LogP contribution is -2.69. The van der Waals surface area contributed by atoms with Crippen LogP contribution in [0.4, 0.5) is 0 Å². The van der Waals surface area contributed by atoms with Crippen LogP contribution in [0.5, 0.6) is 0 Å². The summed E-state index contributed by atoms with van der Waals surface area (Å²) in [7, 11) is 1.13. The monoisotopic (exact) mass is 778 g/mol. The first-order chi connectivity index (χ1) is 25.5. The molecule has 312 valence electrons. The summed E-state index contributed by atoms with van der Waals surface area (Å²) in [4.78, 5) is 12.7. The fourth-order valence-corrected chi connectivity index (χ4v) is 12.8. The number of hydrogen-bond donors (Lipinski definition) is 7. The van der Waals surface area contributed by atoms with Gasteiger partial charge in [-0.1, -0.05) is 73.1 Å². The SMILES string of the molecule is COC(=O)C1OC(OC2CC(O)C3(C)C(CCC4(C)C3C=CC3=C5CC(C)(C)CC(O)C5(C)CCC34C)C2(C)C)C(OC2OCC(O)C(O)C2O)C(O)C1O. The lowest BCUT2D eigenvalue weighted by Gasteiger charge is -2.70. The summed E-state index contributed by atoms with van der Waals surface area (Å²) in [6.45, 7) is 17.7. The summed E-state index contributed by atoms with van der Waals surface area (Å²) in [5.41, 5.74) is 1.04. The molecule has 7 rings (SSSR count). The number of methoxy groups -OCH3 is 1. The number of carbonyl (C=O) groups is 1. The van der Waals surface area contributed by atoms with Crippen molar-refractivity contribution in [1.82, 2.24) is 0 Å². The fourth-order valence-electron chi connectivity index (χ4n) is 12.8. The highest BCUT2D eigenvalue weighted by Crippen LogP contribution is 2.74. The van der Waals surface area contributed by atoms with E-state index in [1.807, 2.05) is 0 Å². The molecule has 5 fully saturated rings. The van der Waals surface area contributed by atoms with E-state index >= 15 is 0 Å². The van der Waals surface area contributed by atoms with Crippen molar-refractivity contribution in [3.63, 3.8) is 0 Å². The molecule has 18 unspecified atom stereocenters. The Morgan fingerprint density at radius 1 is 0.818 bits per heavy atom. The maximum atomic E-state index is 12.7. The van der Waals surface area contributed by atoms with Crippen LogP contribution in [0, 0.1) is 44.3 Å². The predicted octanol–water partition coefficient (Wildman–Crippen LogP) is 2.50. The van der Waals surface area contributed by atoms with Crippen LogP contribution in [0.25, 0.3) is 0 Å². The smallest absolute Gasteiger partial charge is 0.337 e. The maximum absolute atomic E-state index is 12.7. The second-order valence-electron chi connectivity index (χ2n) is 20.4. The van der Waals surface area contributed by atoms with Crippen molar-refractivity contribution < 1.29 is 64.2 Å². The quantitative estimate of drug-likeness (QED) is 0.159. The number of esters is 1. The number of rotatable bonds is 5. The van der Waals surface area contributed by atoms with Crippen LogP contribution in [-0.4, -0.2) is 129 Å². The molecule has 2 heterocycles. The molecule has 7 N–H and O–H groups in total. The standard InChI is InChI=1S/C42H66O13/c1-37(2)17-21-20-10-11-24-41(7,40(20,6)15-14-39(21,5)26(45)18-37)13-12-23-38(3,4)27(16-25(44)42(23,24)8)53-36-33(30(48)29(47)32(54-36)34(50)51-9)55-35-31(49)28(46)22(43)19-52-35/h10-11,22-33,35-36,43-49H,12-19H2,1-9H3. The molecule has 3 saturated carbocycles. The minimum absolute atomic E-state index is 0.00256. The molecule has 0 spiro atoms. The number of carbonyl (C=O) groups excluding carboxylic acids is 1. The summed E-state index contributed by atoms with van der Waals surface area (Å²) in [5.74, 6) is -0.938. The van der Waals surface area contributed by atoms with Crippen molar-refractivity contribution in [3.05, 3.63) is 23.3 Å². The number of allylic oxidation sites excluding steroid dienone is 3. The summed E-state index contributed by atoms with van der Waals surface area (Å²) >= 11 is 0. The van der Waals surface area contributed by atoms with Gasteiger partial charge in [0.15, 0.2) is 18.7 Å². The Balaban J connectivity index is 1.20. The molecule has 0 aromatic rings. The van der Waals surface area contributed by atoms with Gasteiger partial charge < -0.3 is 59.4 Å². The van der Waals surface area contributed by atoms with Gasteiger partial charge in [0.1, 0.15) is 36.6 Å². The van der Waals surface area contributed by atoms with E-state index in [0.717, 1.165) is 45.6 Å². The van der Waals surface area contributed by atoms with E-state index in [2.05, 4.69) is 67.5 Å². The third-order valence-corrected chi connectivity index (χ3v) is 16.6. The van der Waals surface area contributed by atoms with Gasteiger partial charge in [-0.25, -0.2) is 4.79 Å². The zero-order valence-electron chi connectivity index (χ0n) is 34.0. The lowest BCUT2D eigenvalue weighted by molar-refractivity contribution is -0.368. The van der Waals surface area contributed by atoms with E-state index < -0.39 is 90.4 Å². The van der Waals surface area contributed by atoms with Crippen molar-refractivity contribution in [2.45, 2.75) is 174 Å². The molecule has 5 aliphatic carbocycles. The van der Waals surface area contributed by atoms with Crippen LogP contribution in [0.2, 0.25) is 0 Å². The van der Waals surface area contributed by atoms with Crippen LogP contribution in [0.1, 0.15) is 100 Å². The highest BCUT2D eigenvalue weighted by molar-refractivity contribution is 5.75. The molecule has 0 radical (unpaired) electrons. The van der Waals surface area contributed by atoms with Gasteiger partial charge in [0.2, 0.25) is 0 Å². The van der Waals surface area contributed by atoms with Gasteiger partial charge in [-0.15, -0.1) is 0 Å². The number of aliphatic hydroxyl groups excluding tert-OH is 7. The molecule has 0 aromatic heterocycles. The summed E-state index contributed by atoms with van der Waals surface area (Å²) in [6.07, 6.45) is -6.06. The Morgan fingerprint density at radius 2 is 1.51 bits per heavy atom. The van der Waals surface area contributed by atoms with Crippen LogP contribution in [-0.2, 0) is 28.5 Å². The Kier molecular flexibility index (Phi) is 10.4. The normalized spacial score (nSPS) is 53.0. The van der Waals surface area contributed by atoms with Crippen molar-refractivity contribution in [1.29, 1.82) is 0 Å². The second-order valence-corrected chi connectivity index (χ2v) is 20.4. The van der Waals surface area contributed by atoms with E-state index in [-0.39, 0.29) is 46.5 Å². The van der Waals surface area contributed by atoms with E-state index in [9.17, 15) is 40.5 Å². The zero-order valence-corrected chi connectivity index (χ0v) is 34.0. The molecule has 55 heavy (non-hydrogen) atoms. The zero-order chi connectivity index (χ0) is 40.4. The fraction of sp³-hybridized carbons (Fsp3) is 0.881. The van der Waals surface area contributed by atoms with Gasteiger partial charge in [0, 0.05) is 17.3 Å². The predicted molar refractivity (Wildman–Crippen MR) is 198 cm³/mol. The molecule has 2 saturated heterocycles. The van der Waals surface area contributed by atoms with Crippen LogP contribution in [0.15, 0.2) is 23.3 Å². The molecule has 0 amide bonds. The molecular weight excluding hydrogens is 712 g/mol. The van der Waals surface area contributed by atoms with E-state index in [0.29, 0.717) is 0 Å². The Bertz CT molecular complexity index is 1560. The Hall–Kier alpha value is -1.49. The molecule has 13 heteroatoms. The van der Waals surface area contributed by atoms with Crippen molar-refractivity contribution >= 4 is 5.97 Å².